The van der Waals surface area contributed by atoms with Crippen LogP contribution in [-0.2, 0) is 9.53 Å². The number of nitrogens with one attached hydrogen (secondary N) is 1. The number of benzene rings is 1. The number of ether oxygens (including phenoxy) is 1. The molecule has 5 nitrogen and oxygen atoms in total. The Bertz CT molecular complexity index is 485. The summed E-state index contributed by atoms with van der Waals surface area (Å²) in [5.74, 6) is 0.141. The highest BCUT2D eigenvalue weighted by atomic mass is 16.5. The molecule has 1 fully saturated rings. The standard InChI is InChI=1S/C18H29N3O2/c1-16-5-3-6-17(15-16)21-12-10-20(11-13-21)9-7-18(22)19-8-4-14-23-2/h3,5-6,15H,4,7-14H2,1-2H3,(H,19,22). The van der Waals surface area contributed by atoms with Crippen molar-refractivity contribution in [2.75, 3.05) is 57.9 Å². The van der Waals surface area contributed by atoms with Crippen molar-refractivity contribution >= 4 is 11.6 Å². The van der Waals surface area contributed by atoms with E-state index in [-0.39, 0.29) is 5.91 Å². The van der Waals surface area contributed by atoms with Gasteiger partial charge in [0.25, 0.3) is 0 Å². The van der Waals surface area contributed by atoms with Gasteiger partial charge in [0.15, 0.2) is 0 Å². The second kappa shape index (κ2) is 9.53. The van der Waals surface area contributed by atoms with Crippen molar-refractivity contribution in [3.63, 3.8) is 0 Å². The van der Waals surface area contributed by atoms with Gasteiger partial charge in [-0.15, -0.1) is 0 Å². The number of rotatable bonds is 8. The van der Waals surface area contributed by atoms with E-state index in [1.54, 1.807) is 7.11 Å². The lowest BCUT2D eigenvalue weighted by Crippen LogP contribution is -2.47. The molecule has 0 spiro atoms. The van der Waals surface area contributed by atoms with E-state index >= 15 is 0 Å². The second-order valence-electron chi connectivity index (χ2n) is 6.11. The highest BCUT2D eigenvalue weighted by Crippen LogP contribution is 2.17. The summed E-state index contributed by atoms with van der Waals surface area (Å²) in [6.07, 6.45) is 1.45. The summed E-state index contributed by atoms with van der Waals surface area (Å²) >= 11 is 0. The van der Waals surface area contributed by atoms with Crippen molar-refractivity contribution in [1.29, 1.82) is 0 Å². The lowest BCUT2D eigenvalue weighted by Gasteiger charge is -2.36. The summed E-state index contributed by atoms with van der Waals surface area (Å²) in [5.41, 5.74) is 2.61. The number of amides is 1. The molecular formula is C18H29N3O2. The van der Waals surface area contributed by atoms with Gasteiger partial charge in [0.1, 0.15) is 0 Å². The number of piperazine rings is 1. The number of methoxy groups -OCH3 is 1. The van der Waals surface area contributed by atoms with E-state index in [0.717, 1.165) is 39.1 Å². The monoisotopic (exact) mass is 319 g/mol. The number of carbonyl (C=O) groups excluding carboxylic acids is 1. The summed E-state index contributed by atoms with van der Waals surface area (Å²) in [6.45, 7) is 8.46. The number of hydrogen-bond donors (Lipinski definition) is 1. The van der Waals surface area contributed by atoms with Crippen LogP contribution in [0.3, 0.4) is 0 Å². The molecule has 0 radical (unpaired) electrons. The van der Waals surface area contributed by atoms with Crippen molar-refractivity contribution in [3.05, 3.63) is 29.8 Å². The molecule has 2 rings (SSSR count). The van der Waals surface area contributed by atoms with E-state index in [4.69, 9.17) is 4.74 Å². The third-order valence-electron chi connectivity index (χ3n) is 4.24. The van der Waals surface area contributed by atoms with Crippen LogP contribution in [0, 0.1) is 6.92 Å². The molecular weight excluding hydrogens is 290 g/mol. The Morgan fingerprint density at radius 3 is 2.74 bits per heavy atom. The zero-order valence-corrected chi connectivity index (χ0v) is 14.4. The first-order valence-electron chi connectivity index (χ1n) is 8.48. The zero-order valence-electron chi connectivity index (χ0n) is 14.4. The third-order valence-corrected chi connectivity index (χ3v) is 4.24. The number of anilines is 1. The maximum Gasteiger partial charge on any atom is 0.221 e. The fourth-order valence-electron chi connectivity index (χ4n) is 2.85. The Kier molecular flexibility index (Phi) is 7.36. The Morgan fingerprint density at radius 1 is 1.26 bits per heavy atom. The summed E-state index contributed by atoms with van der Waals surface area (Å²) in [7, 11) is 1.68. The van der Waals surface area contributed by atoms with Crippen molar-refractivity contribution in [2.24, 2.45) is 0 Å². The van der Waals surface area contributed by atoms with E-state index < -0.39 is 0 Å². The molecule has 1 heterocycles. The predicted molar refractivity (Wildman–Crippen MR) is 94.0 cm³/mol. The van der Waals surface area contributed by atoms with E-state index in [1.165, 1.54) is 11.3 Å². The first kappa shape index (κ1) is 17.8. The molecule has 1 aromatic carbocycles. The summed E-state index contributed by atoms with van der Waals surface area (Å²) in [6, 6.07) is 8.66. The second-order valence-corrected chi connectivity index (χ2v) is 6.11. The van der Waals surface area contributed by atoms with Crippen LogP contribution >= 0.6 is 0 Å². The van der Waals surface area contributed by atoms with Crippen LogP contribution < -0.4 is 10.2 Å². The van der Waals surface area contributed by atoms with Crippen LogP contribution in [-0.4, -0.2) is 63.8 Å². The van der Waals surface area contributed by atoms with Gasteiger partial charge < -0.3 is 15.0 Å². The minimum absolute atomic E-state index is 0.141. The normalized spacial score (nSPS) is 15.7. The fourth-order valence-corrected chi connectivity index (χ4v) is 2.85. The SMILES string of the molecule is COCCCNC(=O)CCN1CCN(c2cccc(C)c2)CC1. The summed E-state index contributed by atoms with van der Waals surface area (Å²) in [5, 5.41) is 2.94. The molecule has 0 saturated carbocycles. The minimum Gasteiger partial charge on any atom is -0.385 e. The highest BCUT2D eigenvalue weighted by molar-refractivity contribution is 5.76. The van der Waals surface area contributed by atoms with Crippen LogP contribution in [0.1, 0.15) is 18.4 Å². The largest absolute Gasteiger partial charge is 0.385 e. The minimum atomic E-state index is 0.141. The van der Waals surface area contributed by atoms with Gasteiger partial charge in [-0.2, -0.15) is 0 Å². The quantitative estimate of drug-likeness (QED) is 0.740. The van der Waals surface area contributed by atoms with Gasteiger partial charge in [0.05, 0.1) is 0 Å². The van der Waals surface area contributed by atoms with Gasteiger partial charge in [-0.05, 0) is 31.0 Å². The van der Waals surface area contributed by atoms with Gasteiger partial charge in [-0.3, -0.25) is 9.69 Å². The molecule has 128 valence electrons. The summed E-state index contributed by atoms with van der Waals surface area (Å²) in [4.78, 5) is 16.6. The average molecular weight is 319 g/mol. The molecule has 0 unspecified atom stereocenters. The number of aryl methyl sites for hydroxylation is 1. The Hall–Kier alpha value is -1.59. The molecule has 1 aliphatic rings. The predicted octanol–water partition coefficient (Wildman–Crippen LogP) is 1.66. The lowest BCUT2D eigenvalue weighted by atomic mass is 10.2. The molecule has 5 heteroatoms. The van der Waals surface area contributed by atoms with E-state index in [9.17, 15) is 4.79 Å². The first-order chi connectivity index (χ1) is 11.2. The van der Waals surface area contributed by atoms with Gasteiger partial charge in [-0.1, -0.05) is 12.1 Å². The summed E-state index contributed by atoms with van der Waals surface area (Å²) < 4.78 is 4.97. The van der Waals surface area contributed by atoms with Crippen LogP contribution in [0.25, 0.3) is 0 Å². The molecule has 1 aliphatic heterocycles. The molecule has 0 bridgehead atoms. The van der Waals surface area contributed by atoms with Crippen molar-refractivity contribution < 1.29 is 9.53 Å². The maximum absolute atomic E-state index is 11.8. The van der Waals surface area contributed by atoms with Crippen LogP contribution in [0.4, 0.5) is 5.69 Å². The molecule has 0 atom stereocenters. The lowest BCUT2D eigenvalue weighted by molar-refractivity contribution is -0.121. The van der Waals surface area contributed by atoms with E-state index in [2.05, 4.69) is 46.3 Å². The van der Waals surface area contributed by atoms with Gasteiger partial charge in [0.2, 0.25) is 5.91 Å². The zero-order chi connectivity index (χ0) is 16.5. The van der Waals surface area contributed by atoms with E-state index in [1.807, 2.05) is 0 Å². The Morgan fingerprint density at radius 2 is 2.04 bits per heavy atom. The molecule has 1 N–H and O–H groups in total. The first-order valence-corrected chi connectivity index (χ1v) is 8.48. The van der Waals surface area contributed by atoms with Crippen molar-refractivity contribution in [2.45, 2.75) is 19.8 Å². The smallest absolute Gasteiger partial charge is 0.221 e. The molecule has 1 aromatic rings. The maximum atomic E-state index is 11.8. The number of hydrogen-bond acceptors (Lipinski definition) is 4. The van der Waals surface area contributed by atoms with Gasteiger partial charge in [0, 0.05) is 65.1 Å². The van der Waals surface area contributed by atoms with Gasteiger partial charge in [-0.25, -0.2) is 0 Å². The number of carbonyl (C=O) groups is 1. The molecule has 1 saturated heterocycles. The number of nitrogens with zero attached hydrogens (tertiary/aromatic N) is 2. The molecule has 0 aliphatic carbocycles. The van der Waals surface area contributed by atoms with Crippen LogP contribution in [0.2, 0.25) is 0 Å². The topological polar surface area (TPSA) is 44.8 Å². The molecule has 0 aromatic heterocycles. The van der Waals surface area contributed by atoms with Crippen LogP contribution in [0.5, 0.6) is 0 Å². The fraction of sp³-hybridized carbons (Fsp3) is 0.611. The highest BCUT2D eigenvalue weighted by Gasteiger charge is 2.17. The van der Waals surface area contributed by atoms with Crippen LogP contribution in [0.15, 0.2) is 24.3 Å². The van der Waals surface area contributed by atoms with E-state index in [0.29, 0.717) is 19.6 Å². The Labute approximate surface area is 139 Å². The molecule has 1 amide bonds. The third kappa shape index (κ3) is 6.20. The van der Waals surface area contributed by atoms with Crippen molar-refractivity contribution in [1.82, 2.24) is 10.2 Å². The van der Waals surface area contributed by atoms with Gasteiger partial charge >= 0.3 is 0 Å². The molecule has 23 heavy (non-hydrogen) atoms. The average Bonchev–Trinajstić information content (AvgIpc) is 2.57. The Balaban J connectivity index is 1.64. The van der Waals surface area contributed by atoms with Crippen molar-refractivity contribution in [3.8, 4) is 0 Å².